The third kappa shape index (κ3) is 4.58. The van der Waals surface area contributed by atoms with Crippen LogP contribution in [0.2, 0.25) is 0 Å². The molecule has 0 saturated heterocycles. The number of halogens is 1. The van der Waals surface area contributed by atoms with E-state index in [0.29, 0.717) is 24.9 Å². The molecule has 6 nitrogen and oxygen atoms in total. The molecule has 5 rings (SSSR count). The summed E-state index contributed by atoms with van der Waals surface area (Å²) in [6.45, 7) is 4.21. The Morgan fingerprint density at radius 1 is 1.12 bits per heavy atom. The third-order valence-electron chi connectivity index (χ3n) is 6.17. The Hall–Kier alpha value is -3.74. The zero-order valence-corrected chi connectivity index (χ0v) is 18.5. The fraction of sp³-hybridized carbons (Fsp3) is 0.269. The summed E-state index contributed by atoms with van der Waals surface area (Å²) in [5.41, 5.74) is 10.9. The molecule has 2 N–H and O–H groups in total. The van der Waals surface area contributed by atoms with Gasteiger partial charge in [0.1, 0.15) is 29.8 Å². The lowest BCUT2D eigenvalue weighted by molar-refractivity contribution is 0.258. The summed E-state index contributed by atoms with van der Waals surface area (Å²) in [6.07, 6.45) is 6.90. The van der Waals surface area contributed by atoms with E-state index >= 15 is 0 Å². The van der Waals surface area contributed by atoms with Crippen LogP contribution in [-0.2, 0) is 13.0 Å². The minimum Gasteiger partial charge on any atom is -0.491 e. The van der Waals surface area contributed by atoms with E-state index in [0.717, 1.165) is 53.3 Å². The largest absolute Gasteiger partial charge is 0.491 e. The van der Waals surface area contributed by atoms with Gasteiger partial charge in [0.05, 0.1) is 24.6 Å². The van der Waals surface area contributed by atoms with Crippen LogP contribution < -0.4 is 10.5 Å². The molecule has 2 aliphatic heterocycles. The van der Waals surface area contributed by atoms with Crippen LogP contribution in [0.15, 0.2) is 71.2 Å². The van der Waals surface area contributed by atoms with Gasteiger partial charge < -0.3 is 15.4 Å². The number of nitrogen functional groups attached to an aromatic ring is 1. The van der Waals surface area contributed by atoms with E-state index < -0.39 is 0 Å². The van der Waals surface area contributed by atoms with Gasteiger partial charge in [0.15, 0.2) is 0 Å². The van der Waals surface area contributed by atoms with Crippen LogP contribution in [0, 0.1) is 11.7 Å². The van der Waals surface area contributed by atoms with Crippen molar-refractivity contribution in [3.63, 3.8) is 0 Å². The number of fused-ring (bicyclic) bond motifs is 1. The summed E-state index contributed by atoms with van der Waals surface area (Å²) in [4.78, 5) is 15.7. The molecule has 0 fully saturated rings. The lowest BCUT2D eigenvalue weighted by Gasteiger charge is -2.30. The molecule has 2 aliphatic rings. The molecule has 7 heteroatoms. The van der Waals surface area contributed by atoms with Crippen molar-refractivity contribution in [1.82, 2.24) is 14.9 Å². The summed E-state index contributed by atoms with van der Waals surface area (Å²) in [5.74, 6) is 2.41. The Morgan fingerprint density at radius 2 is 1.97 bits per heavy atom. The van der Waals surface area contributed by atoms with Crippen LogP contribution >= 0.6 is 0 Å². The highest BCUT2D eigenvalue weighted by molar-refractivity contribution is 5.63. The van der Waals surface area contributed by atoms with Gasteiger partial charge in [0, 0.05) is 23.9 Å². The summed E-state index contributed by atoms with van der Waals surface area (Å²) in [7, 11) is 0. The van der Waals surface area contributed by atoms with Gasteiger partial charge >= 0.3 is 0 Å². The number of ether oxygens (including phenoxy) is 1. The summed E-state index contributed by atoms with van der Waals surface area (Å²) in [6, 6.07) is 12.8. The van der Waals surface area contributed by atoms with Crippen molar-refractivity contribution in [3.8, 4) is 17.0 Å². The number of aliphatic imine (C=N–C) groups is 1. The highest BCUT2D eigenvalue weighted by Crippen LogP contribution is 2.33. The fourth-order valence-corrected chi connectivity index (χ4v) is 4.32. The molecule has 1 unspecified atom stereocenters. The molecule has 3 aromatic rings. The van der Waals surface area contributed by atoms with Crippen LogP contribution in [0.25, 0.3) is 11.3 Å². The molecule has 168 valence electrons. The Bertz CT molecular complexity index is 1200. The maximum absolute atomic E-state index is 13.4. The highest BCUT2D eigenvalue weighted by atomic mass is 19.1. The number of nitrogens with zero attached hydrogens (tertiary/aromatic N) is 4. The number of hydrogen-bond donors (Lipinski definition) is 1. The van der Waals surface area contributed by atoms with Crippen LogP contribution in [0.3, 0.4) is 0 Å². The average Bonchev–Trinajstić information content (AvgIpc) is 3.04. The van der Waals surface area contributed by atoms with Crippen molar-refractivity contribution in [3.05, 3.63) is 83.2 Å². The summed E-state index contributed by atoms with van der Waals surface area (Å²) in [5, 5.41) is 0. The highest BCUT2D eigenvalue weighted by Gasteiger charge is 2.25. The smallest absolute Gasteiger partial charge is 0.141 e. The molecule has 0 aliphatic carbocycles. The second-order valence-corrected chi connectivity index (χ2v) is 8.52. The first-order valence-electron chi connectivity index (χ1n) is 11.2. The van der Waals surface area contributed by atoms with E-state index in [-0.39, 0.29) is 5.82 Å². The van der Waals surface area contributed by atoms with E-state index in [1.54, 1.807) is 12.4 Å². The molecule has 2 aromatic carbocycles. The van der Waals surface area contributed by atoms with Crippen molar-refractivity contribution in [2.45, 2.75) is 26.3 Å². The van der Waals surface area contributed by atoms with Crippen molar-refractivity contribution < 1.29 is 9.13 Å². The van der Waals surface area contributed by atoms with Gasteiger partial charge in [-0.25, -0.2) is 14.4 Å². The normalized spacial score (nSPS) is 18.0. The molecule has 1 atom stereocenters. The number of aromatic nitrogens is 2. The molecule has 3 heterocycles. The molecular formula is C26H26FN5O. The van der Waals surface area contributed by atoms with Crippen LogP contribution in [0.1, 0.15) is 24.5 Å². The van der Waals surface area contributed by atoms with Gasteiger partial charge in [0.2, 0.25) is 0 Å². The number of rotatable bonds is 4. The molecule has 0 bridgehead atoms. The maximum atomic E-state index is 13.4. The number of anilines is 1. The number of allylic oxidation sites excluding steroid dienone is 1. The Morgan fingerprint density at radius 3 is 2.76 bits per heavy atom. The molecular weight excluding hydrogens is 417 g/mol. The second-order valence-electron chi connectivity index (χ2n) is 8.52. The van der Waals surface area contributed by atoms with E-state index in [9.17, 15) is 4.39 Å². The zero-order chi connectivity index (χ0) is 22.8. The Labute approximate surface area is 192 Å². The molecule has 0 spiro atoms. The minimum absolute atomic E-state index is 0.217. The summed E-state index contributed by atoms with van der Waals surface area (Å²) < 4.78 is 19.5. The first-order valence-corrected chi connectivity index (χ1v) is 11.2. The molecule has 1 aromatic heterocycles. The minimum atomic E-state index is -0.217. The first-order chi connectivity index (χ1) is 16.1. The Balaban J connectivity index is 1.47. The van der Waals surface area contributed by atoms with Gasteiger partial charge in [-0.3, -0.25) is 4.98 Å². The molecule has 0 amide bonds. The predicted octanol–water partition coefficient (Wildman–Crippen LogP) is 4.62. The van der Waals surface area contributed by atoms with Crippen molar-refractivity contribution in [2.75, 3.05) is 18.9 Å². The van der Waals surface area contributed by atoms with E-state index in [2.05, 4.69) is 27.9 Å². The molecule has 0 saturated carbocycles. The van der Waals surface area contributed by atoms with Gasteiger partial charge in [-0.15, -0.1) is 0 Å². The number of hydrogen-bond acceptors (Lipinski definition) is 6. The first kappa shape index (κ1) is 21.1. The van der Waals surface area contributed by atoms with Crippen LogP contribution in [0.5, 0.6) is 5.75 Å². The monoisotopic (exact) mass is 443 g/mol. The number of nitrogens with two attached hydrogens (primary N) is 1. The lowest BCUT2D eigenvalue weighted by Crippen LogP contribution is -2.28. The Kier molecular flexibility index (Phi) is 5.77. The van der Waals surface area contributed by atoms with Gasteiger partial charge in [-0.1, -0.05) is 19.1 Å². The van der Waals surface area contributed by atoms with Crippen molar-refractivity contribution in [1.29, 1.82) is 0 Å². The van der Waals surface area contributed by atoms with Gasteiger partial charge in [0.25, 0.3) is 0 Å². The summed E-state index contributed by atoms with van der Waals surface area (Å²) >= 11 is 0. The SMILES string of the molecule is CC1CC=NC(N2CCOc3ccc(-c4cnc(N)cn4)cc3C2)=C1Cc1ccc(F)cc1. The van der Waals surface area contributed by atoms with E-state index in [1.165, 1.54) is 17.7 Å². The standard InChI is InChI=1S/C26H26FN5O/c1-17-8-9-29-26(22(17)12-18-2-5-21(27)6-3-18)32-10-11-33-24-7-4-19(13-20(24)16-32)23-14-31-25(28)15-30-23/h2-7,9,13-15,17H,8,10-12,16H2,1H3,(H2,28,31). The fourth-order valence-electron chi connectivity index (χ4n) is 4.32. The van der Waals surface area contributed by atoms with Crippen molar-refractivity contribution in [2.24, 2.45) is 10.9 Å². The quantitative estimate of drug-likeness (QED) is 0.637. The zero-order valence-electron chi connectivity index (χ0n) is 18.5. The van der Waals surface area contributed by atoms with Gasteiger partial charge in [-0.2, -0.15) is 0 Å². The molecule has 0 radical (unpaired) electrons. The second kappa shape index (κ2) is 9.02. The number of benzene rings is 2. The van der Waals surface area contributed by atoms with Crippen molar-refractivity contribution >= 4 is 12.0 Å². The lowest BCUT2D eigenvalue weighted by atomic mass is 9.90. The van der Waals surface area contributed by atoms with Crippen LogP contribution in [0.4, 0.5) is 10.2 Å². The molecule has 33 heavy (non-hydrogen) atoms. The van der Waals surface area contributed by atoms with Gasteiger partial charge in [-0.05, 0) is 60.2 Å². The van der Waals surface area contributed by atoms with Crippen LogP contribution in [-0.4, -0.2) is 34.2 Å². The average molecular weight is 444 g/mol. The van der Waals surface area contributed by atoms with E-state index in [1.807, 2.05) is 30.5 Å². The maximum Gasteiger partial charge on any atom is 0.141 e. The topological polar surface area (TPSA) is 76.6 Å². The third-order valence-corrected chi connectivity index (χ3v) is 6.17. The van der Waals surface area contributed by atoms with E-state index in [4.69, 9.17) is 15.5 Å². The predicted molar refractivity (Wildman–Crippen MR) is 127 cm³/mol.